The van der Waals surface area contributed by atoms with Crippen molar-refractivity contribution in [1.29, 1.82) is 0 Å². The van der Waals surface area contributed by atoms with Crippen LogP contribution in [0.3, 0.4) is 0 Å². The van der Waals surface area contributed by atoms with Crippen LogP contribution in [0.1, 0.15) is 36.3 Å². The molecular weight excluding hydrogens is 354 g/mol. The minimum Gasteiger partial charge on any atom is -0.494 e. The molecule has 1 aromatic heterocycles. The molecule has 1 unspecified atom stereocenters. The van der Waals surface area contributed by atoms with E-state index in [9.17, 15) is 4.79 Å². The van der Waals surface area contributed by atoms with E-state index in [1.165, 1.54) is 0 Å². The number of carbonyl (C=O) groups excluding carboxylic acids is 1. The summed E-state index contributed by atoms with van der Waals surface area (Å²) < 4.78 is 11.0. The predicted molar refractivity (Wildman–Crippen MR) is 105 cm³/mol. The zero-order valence-electron chi connectivity index (χ0n) is 16.1. The molecule has 6 nitrogen and oxygen atoms in total. The molecule has 1 amide bonds. The molecule has 0 bridgehead atoms. The number of benzene rings is 2. The summed E-state index contributed by atoms with van der Waals surface area (Å²) >= 11 is 0. The van der Waals surface area contributed by atoms with E-state index in [0.29, 0.717) is 37.8 Å². The number of hydrogen-bond acceptors (Lipinski definition) is 5. The van der Waals surface area contributed by atoms with Crippen molar-refractivity contribution in [2.45, 2.75) is 32.7 Å². The number of hydrogen-bond donors (Lipinski definition) is 0. The zero-order chi connectivity index (χ0) is 19.5. The Labute approximate surface area is 164 Å². The number of likely N-dealkylation sites (tertiary alicyclic amines) is 1. The number of amides is 1. The van der Waals surface area contributed by atoms with Gasteiger partial charge in [0.2, 0.25) is 17.6 Å². The highest BCUT2D eigenvalue weighted by Crippen LogP contribution is 2.30. The van der Waals surface area contributed by atoms with Gasteiger partial charge < -0.3 is 14.2 Å². The first-order chi connectivity index (χ1) is 13.6. The largest absolute Gasteiger partial charge is 0.494 e. The lowest BCUT2D eigenvalue weighted by atomic mass is 10.1. The van der Waals surface area contributed by atoms with Crippen LogP contribution in [0.25, 0.3) is 11.4 Å². The van der Waals surface area contributed by atoms with Crippen LogP contribution in [0, 0.1) is 6.92 Å². The van der Waals surface area contributed by atoms with E-state index in [-0.39, 0.29) is 11.8 Å². The van der Waals surface area contributed by atoms with Gasteiger partial charge in [-0.25, -0.2) is 0 Å². The summed E-state index contributed by atoms with van der Waals surface area (Å²) in [6.45, 7) is 5.73. The van der Waals surface area contributed by atoms with Crippen LogP contribution in [0.2, 0.25) is 0 Å². The molecule has 1 fully saturated rings. The van der Waals surface area contributed by atoms with E-state index >= 15 is 0 Å². The van der Waals surface area contributed by atoms with Gasteiger partial charge in [-0.3, -0.25) is 4.79 Å². The molecule has 2 aromatic carbocycles. The molecule has 3 aromatic rings. The Kier molecular flexibility index (Phi) is 5.10. The van der Waals surface area contributed by atoms with Crippen LogP contribution < -0.4 is 4.74 Å². The minimum atomic E-state index is -0.0753. The van der Waals surface area contributed by atoms with Gasteiger partial charge in [0.15, 0.2) is 0 Å². The minimum absolute atomic E-state index is 0.0753. The molecule has 1 saturated heterocycles. The van der Waals surface area contributed by atoms with E-state index in [4.69, 9.17) is 9.26 Å². The second-order valence-electron chi connectivity index (χ2n) is 7.08. The summed E-state index contributed by atoms with van der Waals surface area (Å²) in [5.41, 5.74) is 3.11. The van der Waals surface area contributed by atoms with Crippen LogP contribution in [0.5, 0.6) is 5.75 Å². The number of aromatic nitrogens is 2. The fourth-order valence-corrected chi connectivity index (χ4v) is 3.51. The number of aryl methyl sites for hydroxylation is 1. The average molecular weight is 377 g/mol. The third-order valence-corrected chi connectivity index (χ3v) is 4.86. The summed E-state index contributed by atoms with van der Waals surface area (Å²) in [7, 11) is 0. The Morgan fingerprint density at radius 3 is 2.89 bits per heavy atom. The summed E-state index contributed by atoms with van der Waals surface area (Å²) in [5, 5.41) is 4.11. The van der Waals surface area contributed by atoms with Crippen molar-refractivity contribution in [3.63, 3.8) is 0 Å². The molecule has 1 atom stereocenters. The Balaban J connectivity index is 1.46. The van der Waals surface area contributed by atoms with Gasteiger partial charge >= 0.3 is 0 Å². The lowest BCUT2D eigenvalue weighted by molar-refractivity contribution is -0.128. The first-order valence-electron chi connectivity index (χ1n) is 9.52. The SMILES string of the molecule is CCOc1cccc(CN2CC(c3nc(-c4cccc(C)c4)no3)CC2=O)c1. The third kappa shape index (κ3) is 3.91. The average Bonchev–Trinajstić information content (AvgIpc) is 3.30. The van der Waals surface area contributed by atoms with E-state index in [1.807, 2.05) is 67.3 Å². The molecule has 0 saturated carbocycles. The highest BCUT2D eigenvalue weighted by molar-refractivity contribution is 5.79. The number of carbonyl (C=O) groups is 1. The molecule has 6 heteroatoms. The van der Waals surface area contributed by atoms with Gasteiger partial charge in [0.1, 0.15) is 5.75 Å². The fraction of sp³-hybridized carbons (Fsp3) is 0.318. The van der Waals surface area contributed by atoms with Crippen LogP contribution in [-0.4, -0.2) is 34.1 Å². The fourth-order valence-electron chi connectivity index (χ4n) is 3.51. The van der Waals surface area contributed by atoms with Crippen molar-refractivity contribution in [2.24, 2.45) is 0 Å². The van der Waals surface area contributed by atoms with Crippen molar-refractivity contribution >= 4 is 5.91 Å². The number of rotatable bonds is 6. The number of ether oxygens (including phenoxy) is 1. The molecule has 1 aliphatic heterocycles. The van der Waals surface area contributed by atoms with Crippen LogP contribution in [-0.2, 0) is 11.3 Å². The lowest BCUT2D eigenvalue weighted by Crippen LogP contribution is -2.24. The van der Waals surface area contributed by atoms with Crippen molar-refractivity contribution in [2.75, 3.05) is 13.2 Å². The van der Waals surface area contributed by atoms with Gasteiger partial charge in [-0.2, -0.15) is 4.98 Å². The van der Waals surface area contributed by atoms with Gasteiger partial charge in [-0.15, -0.1) is 0 Å². The van der Waals surface area contributed by atoms with Gasteiger partial charge in [-0.05, 0) is 37.6 Å². The van der Waals surface area contributed by atoms with Gasteiger partial charge in [0.05, 0.1) is 12.5 Å². The van der Waals surface area contributed by atoms with Crippen LogP contribution in [0.15, 0.2) is 53.1 Å². The normalized spacial score (nSPS) is 16.6. The maximum absolute atomic E-state index is 12.5. The molecule has 0 N–H and O–H groups in total. The van der Waals surface area contributed by atoms with Crippen molar-refractivity contribution in [1.82, 2.24) is 15.0 Å². The molecular formula is C22H23N3O3. The smallest absolute Gasteiger partial charge is 0.232 e. The summed E-state index contributed by atoms with van der Waals surface area (Å²) in [6.07, 6.45) is 0.389. The standard InChI is InChI=1S/C22H23N3O3/c1-3-27-19-9-5-7-16(11-19)13-25-14-18(12-20(25)26)22-23-21(24-28-22)17-8-4-6-15(2)10-17/h4-11,18H,3,12-14H2,1-2H3. The van der Waals surface area contributed by atoms with E-state index in [0.717, 1.165) is 22.4 Å². The van der Waals surface area contributed by atoms with E-state index in [2.05, 4.69) is 10.1 Å². The Morgan fingerprint density at radius 1 is 1.21 bits per heavy atom. The topological polar surface area (TPSA) is 68.5 Å². The monoisotopic (exact) mass is 377 g/mol. The Hall–Kier alpha value is -3.15. The van der Waals surface area contributed by atoms with Gasteiger partial charge in [0, 0.05) is 25.1 Å². The summed E-state index contributed by atoms with van der Waals surface area (Å²) in [4.78, 5) is 18.9. The zero-order valence-corrected chi connectivity index (χ0v) is 16.1. The molecule has 1 aliphatic rings. The predicted octanol–water partition coefficient (Wildman–Crippen LogP) is 3.96. The maximum atomic E-state index is 12.5. The Morgan fingerprint density at radius 2 is 2.07 bits per heavy atom. The van der Waals surface area contributed by atoms with Gasteiger partial charge in [0.25, 0.3) is 0 Å². The Bertz CT molecular complexity index is 982. The highest BCUT2D eigenvalue weighted by Gasteiger charge is 2.34. The second-order valence-corrected chi connectivity index (χ2v) is 7.08. The van der Waals surface area contributed by atoms with Crippen molar-refractivity contribution in [3.8, 4) is 17.1 Å². The summed E-state index contributed by atoms with van der Waals surface area (Å²) in [5.74, 6) is 1.93. The van der Waals surface area contributed by atoms with Crippen molar-refractivity contribution < 1.29 is 14.1 Å². The molecule has 144 valence electrons. The molecule has 0 spiro atoms. The third-order valence-electron chi connectivity index (χ3n) is 4.86. The lowest BCUT2D eigenvalue weighted by Gasteiger charge is -2.16. The molecule has 4 rings (SSSR count). The van der Waals surface area contributed by atoms with Crippen LogP contribution in [0.4, 0.5) is 0 Å². The molecule has 0 radical (unpaired) electrons. The first kappa shape index (κ1) is 18.2. The van der Waals surface area contributed by atoms with E-state index < -0.39 is 0 Å². The van der Waals surface area contributed by atoms with Crippen LogP contribution >= 0.6 is 0 Å². The van der Waals surface area contributed by atoms with Crippen molar-refractivity contribution in [3.05, 3.63) is 65.5 Å². The quantitative estimate of drug-likeness (QED) is 0.650. The number of nitrogens with zero attached hydrogens (tertiary/aromatic N) is 3. The molecule has 0 aliphatic carbocycles. The first-order valence-corrected chi connectivity index (χ1v) is 9.52. The second kappa shape index (κ2) is 7.84. The van der Waals surface area contributed by atoms with E-state index in [1.54, 1.807) is 0 Å². The van der Waals surface area contributed by atoms with Gasteiger partial charge in [-0.1, -0.05) is 41.1 Å². The summed E-state index contributed by atoms with van der Waals surface area (Å²) in [6, 6.07) is 15.8. The maximum Gasteiger partial charge on any atom is 0.232 e. The molecule has 28 heavy (non-hydrogen) atoms. The molecule has 2 heterocycles. The highest BCUT2D eigenvalue weighted by atomic mass is 16.5.